The Morgan fingerprint density at radius 3 is 2.50 bits per heavy atom. The summed E-state index contributed by atoms with van der Waals surface area (Å²) >= 11 is 6.14. The van der Waals surface area contributed by atoms with Gasteiger partial charge in [-0.15, -0.1) is 5.10 Å². The highest BCUT2D eigenvalue weighted by atomic mass is 35.5. The summed E-state index contributed by atoms with van der Waals surface area (Å²) < 4.78 is 13.0. The Balaban J connectivity index is 1.04. The van der Waals surface area contributed by atoms with Crippen LogP contribution in [0.15, 0.2) is 66.6 Å². The molecule has 0 N–H and O–H groups in total. The quantitative estimate of drug-likeness (QED) is 0.377. The third kappa shape index (κ3) is 4.73. The minimum absolute atomic E-state index is 0.0160. The number of amides is 1. The standard InChI is InChI=1S/C29H28ClN7O3/c30-23-3-6-26-21(18-23)17-22(19-40-26)27(38)35-9-11-36(12-10-35)29-32-28-31-8-7-25(37(28)33-29)20-1-4-24(5-2-20)34-13-15-39-16-14-34/h1-8,18-19H,9-17H2. The number of carbonyl (C=O) groups is 1. The monoisotopic (exact) mass is 557 g/mol. The van der Waals surface area contributed by atoms with Crippen LogP contribution in [0.3, 0.4) is 0 Å². The minimum Gasteiger partial charge on any atom is -0.464 e. The number of morpholine rings is 1. The Morgan fingerprint density at radius 2 is 1.70 bits per heavy atom. The zero-order valence-corrected chi connectivity index (χ0v) is 22.6. The molecule has 0 spiro atoms. The maximum atomic E-state index is 13.2. The van der Waals surface area contributed by atoms with Crippen LogP contribution in [0.4, 0.5) is 11.6 Å². The normalized spacial score (nSPS) is 17.4. The zero-order chi connectivity index (χ0) is 27.1. The molecule has 2 saturated heterocycles. The molecule has 0 bridgehead atoms. The molecule has 3 aliphatic heterocycles. The fraction of sp³-hybridized carbons (Fsp3) is 0.310. The van der Waals surface area contributed by atoms with E-state index in [-0.39, 0.29) is 5.91 Å². The fourth-order valence-corrected chi connectivity index (χ4v) is 5.62. The van der Waals surface area contributed by atoms with Crippen LogP contribution < -0.4 is 14.5 Å². The molecule has 0 atom stereocenters. The van der Waals surface area contributed by atoms with Gasteiger partial charge in [0, 0.05) is 73.7 Å². The summed E-state index contributed by atoms with van der Waals surface area (Å²) in [5, 5.41) is 5.44. The van der Waals surface area contributed by atoms with Crippen molar-refractivity contribution in [2.75, 3.05) is 62.3 Å². The van der Waals surface area contributed by atoms with Crippen LogP contribution in [0.1, 0.15) is 5.56 Å². The van der Waals surface area contributed by atoms with Crippen molar-refractivity contribution in [3.8, 4) is 17.0 Å². The number of ether oxygens (including phenoxy) is 2. The van der Waals surface area contributed by atoms with Crippen LogP contribution in [0, 0.1) is 0 Å². The molecule has 0 saturated carbocycles. The molecule has 0 radical (unpaired) electrons. The second-order valence-electron chi connectivity index (χ2n) is 10.1. The first kappa shape index (κ1) is 24.9. The number of halogens is 1. The third-order valence-electron chi connectivity index (χ3n) is 7.62. The first-order chi connectivity index (χ1) is 19.6. The largest absolute Gasteiger partial charge is 0.464 e. The lowest BCUT2D eigenvalue weighted by Gasteiger charge is -2.34. The van der Waals surface area contributed by atoms with E-state index in [2.05, 4.69) is 39.0 Å². The summed E-state index contributed by atoms with van der Waals surface area (Å²) in [5.41, 5.74) is 4.71. The zero-order valence-electron chi connectivity index (χ0n) is 21.9. The molecule has 0 aliphatic carbocycles. The average Bonchev–Trinajstić information content (AvgIpc) is 3.46. The Labute approximate surface area is 236 Å². The highest BCUT2D eigenvalue weighted by molar-refractivity contribution is 6.30. The van der Waals surface area contributed by atoms with Crippen LogP contribution in [0.2, 0.25) is 5.02 Å². The second-order valence-corrected chi connectivity index (χ2v) is 10.5. The van der Waals surface area contributed by atoms with Gasteiger partial charge in [0.25, 0.3) is 11.7 Å². The van der Waals surface area contributed by atoms with Crippen molar-refractivity contribution in [1.29, 1.82) is 0 Å². The predicted molar refractivity (Wildman–Crippen MR) is 152 cm³/mol. The summed E-state index contributed by atoms with van der Waals surface area (Å²) in [5.74, 6) is 1.88. The van der Waals surface area contributed by atoms with E-state index in [9.17, 15) is 4.79 Å². The molecule has 0 unspecified atom stereocenters. The lowest BCUT2D eigenvalue weighted by Crippen LogP contribution is -2.49. The van der Waals surface area contributed by atoms with E-state index in [4.69, 9.17) is 31.2 Å². The van der Waals surface area contributed by atoms with Crippen LogP contribution in [-0.4, -0.2) is 82.9 Å². The van der Waals surface area contributed by atoms with Gasteiger partial charge >= 0.3 is 0 Å². The van der Waals surface area contributed by atoms with E-state index in [1.54, 1.807) is 23.0 Å². The van der Waals surface area contributed by atoms with Gasteiger partial charge in [-0.25, -0.2) is 4.98 Å². The number of benzene rings is 2. The number of hydrogen-bond acceptors (Lipinski definition) is 8. The Hall–Kier alpha value is -4.15. The fourth-order valence-electron chi connectivity index (χ4n) is 5.42. The van der Waals surface area contributed by atoms with Crippen LogP contribution in [-0.2, 0) is 16.0 Å². The SMILES string of the molecule is O=C(C1=COc2ccc(Cl)cc2C1)N1CCN(c2nc3nccc(-c4ccc(N5CCOCC5)cc4)n3n2)CC1. The number of rotatable bonds is 4. The van der Waals surface area contributed by atoms with Crippen molar-refractivity contribution in [3.05, 3.63) is 77.1 Å². The van der Waals surface area contributed by atoms with E-state index in [1.807, 2.05) is 23.1 Å². The number of carbonyl (C=O) groups excluding carboxylic acids is 1. The van der Waals surface area contributed by atoms with Gasteiger partial charge in [-0.05, 0) is 36.4 Å². The van der Waals surface area contributed by atoms with Crippen LogP contribution >= 0.6 is 11.6 Å². The van der Waals surface area contributed by atoms with Gasteiger partial charge in [0.15, 0.2) is 0 Å². The molecule has 10 nitrogen and oxygen atoms in total. The first-order valence-corrected chi connectivity index (χ1v) is 13.8. The molecule has 3 aliphatic rings. The van der Waals surface area contributed by atoms with Crippen molar-refractivity contribution in [1.82, 2.24) is 24.5 Å². The summed E-state index contributed by atoms with van der Waals surface area (Å²) in [6.45, 7) is 5.71. The molecule has 11 heteroatoms. The summed E-state index contributed by atoms with van der Waals surface area (Å²) in [7, 11) is 0. The lowest BCUT2D eigenvalue weighted by atomic mass is 10.0. The van der Waals surface area contributed by atoms with Gasteiger partial charge in [0.1, 0.15) is 12.0 Å². The van der Waals surface area contributed by atoms with E-state index < -0.39 is 0 Å². The van der Waals surface area contributed by atoms with Crippen LogP contribution in [0.5, 0.6) is 5.75 Å². The molecule has 1 amide bonds. The van der Waals surface area contributed by atoms with E-state index in [0.29, 0.717) is 54.9 Å². The maximum absolute atomic E-state index is 13.2. The third-order valence-corrected chi connectivity index (χ3v) is 7.86. The Bertz CT molecular complexity index is 1590. The number of hydrogen-bond donors (Lipinski definition) is 0. The first-order valence-electron chi connectivity index (χ1n) is 13.5. The summed E-state index contributed by atoms with van der Waals surface area (Å²) in [6, 6.07) is 15.9. The summed E-state index contributed by atoms with van der Waals surface area (Å²) in [6.07, 6.45) is 3.83. The molecule has 40 heavy (non-hydrogen) atoms. The van der Waals surface area contributed by atoms with Crippen molar-refractivity contribution in [2.24, 2.45) is 0 Å². The van der Waals surface area contributed by atoms with Crippen molar-refractivity contribution < 1.29 is 14.3 Å². The minimum atomic E-state index is -0.0160. The number of aromatic nitrogens is 4. The molecular weight excluding hydrogens is 530 g/mol. The van der Waals surface area contributed by atoms with Crippen LogP contribution in [0.25, 0.3) is 17.0 Å². The van der Waals surface area contributed by atoms with Gasteiger partial charge in [0.2, 0.25) is 5.95 Å². The predicted octanol–water partition coefficient (Wildman–Crippen LogP) is 3.45. The molecule has 5 heterocycles. The smallest absolute Gasteiger partial charge is 0.254 e. The Kier molecular flexibility index (Phi) is 6.49. The number of fused-ring (bicyclic) bond motifs is 2. The van der Waals surface area contributed by atoms with Gasteiger partial charge in [-0.2, -0.15) is 9.50 Å². The molecule has 4 aromatic rings. The highest BCUT2D eigenvalue weighted by Crippen LogP contribution is 2.30. The van der Waals surface area contributed by atoms with Crippen molar-refractivity contribution >= 4 is 34.9 Å². The van der Waals surface area contributed by atoms with E-state index in [1.165, 1.54) is 5.69 Å². The average molecular weight is 558 g/mol. The lowest BCUT2D eigenvalue weighted by molar-refractivity contribution is -0.127. The van der Waals surface area contributed by atoms with E-state index >= 15 is 0 Å². The number of piperazine rings is 1. The number of anilines is 2. The number of nitrogens with zero attached hydrogens (tertiary/aromatic N) is 7. The highest BCUT2D eigenvalue weighted by Gasteiger charge is 2.28. The molecule has 204 valence electrons. The summed E-state index contributed by atoms with van der Waals surface area (Å²) in [4.78, 5) is 28.7. The van der Waals surface area contributed by atoms with Gasteiger partial charge < -0.3 is 24.2 Å². The molecule has 2 fully saturated rings. The molecule has 2 aromatic carbocycles. The molecular formula is C29H28ClN7O3. The van der Waals surface area contributed by atoms with Crippen molar-refractivity contribution in [2.45, 2.75) is 6.42 Å². The van der Waals surface area contributed by atoms with Gasteiger partial charge in [0.05, 0.1) is 24.5 Å². The molecule has 2 aromatic heterocycles. The van der Waals surface area contributed by atoms with Crippen molar-refractivity contribution in [3.63, 3.8) is 0 Å². The molecule has 7 rings (SSSR count). The Morgan fingerprint density at radius 1 is 0.900 bits per heavy atom. The van der Waals surface area contributed by atoms with Gasteiger partial charge in [-0.3, -0.25) is 4.79 Å². The van der Waals surface area contributed by atoms with E-state index in [0.717, 1.165) is 48.9 Å². The topological polar surface area (TPSA) is 88.3 Å². The van der Waals surface area contributed by atoms with Gasteiger partial charge in [-0.1, -0.05) is 23.7 Å². The second kappa shape index (κ2) is 10.4. The maximum Gasteiger partial charge on any atom is 0.254 e.